The van der Waals surface area contributed by atoms with Crippen LogP contribution < -0.4 is 15.0 Å². The smallest absolute Gasteiger partial charge is 0.233 e. The second-order valence-electron chi connectivity index (χ2n) is 7.77. The Kier molecular flexibility index (Phi) is 4.92. The van der Waals surface area contributed by atoms with Gasteiger partial charge in [0.25, 0.3) is 0 Å². The van der Waals surface area contributed by atoms with Crippen LogP contribution in [-0.2, 0) is 4.79 Å². The van der Waals surface area contributed by atoms with E-state index in [1.807, 2.05) is 43.0 Å². The highest BCUT2D eigenvalue weighted by molar-refractivity contribution is 7.80. The third kappa shape index (κ3) is 3.14. The summed E-state index contributed by atoms with van der Waals surface area (Å²) in [6.45, 7) is 3.90. The van der Waals surface area contributed by atoms with Crippen molar-refractivity contribution in [1.82, 2.24) is 10.2 Å². The largest absolute Gasteiger partial charge is 0.465 e. The van der Waals surface area contributed by atoms with Crippen molar-refractivity contribution < 1.29 is 9.53 Å². The van der Waals surface area contributed by atoms with E-state index in [4.69, 9.17) is 40.2 Å². The zero-order chi connectivity index (χ0) is 21.1. The predicted octanol–water partition coefficient (Wildman–Crippen LogP) is 4.55. The van der Waals surface area contributed by atoms with Gasteiger partial charge < -0.3 is 15.0 Å². The van der Waals surface area contributed by atoms with Gasteiger partial charge in [0.15, 0.2) is 10.8 Å². The number of ether oxygens (including phenoxy) is 1. The van der Waals surface area contributed by atoms with E-state index in [0.717, 1.165) is 16.8 Å². The molecule has 0 aromatic heterocycles. The van der Waals surface area contributed by atoms with E-state index >= 15 is 0 Å². The van der Waals surface area contributed by atoms with Gasteiger partial charge in [0.05, 0.1) is 11.1 Å². The van der Waals surface area contributed by atoms with E-state index < -0.39 is 17.7 Å². The molecule has 5 nitrogen and oxygen atoms in total. The topological polar surface area (TPSA) is 44.8 Å². The molecular weight excluding hydrogens is 429 g/mol. The molecule has 1 saturated heterocycles. The molecule has 2 aromatic rings. The number of nitrogens with zero attached hydrogens (tertiary/aromatic N) is 2. The number of carbonyl (C=O) groups excluding carboxylic acids is 1. The summed E-state index contributed by atoms with van der Waals surface area (Å²) in [5.74, 6) is -0.141. The first-order chi connectivity index (χ1) is 13.6. The zero-order valence-electron chi connectivity index (χ0n) is 16.5. The Morgan fingerprint density at radius 3 is 2.52 bits per heavy atom. The van der Waals surface area contributed by atoms with Crippen molar-refractivity contribution in [2.75, 3.05) is 19.0 Å². The third-order valence-corrected chi connectivity index (χ3v) is 6.32. The number of anilines is 1. The first-order valence-corrected chi connectivity index (χ1v) is 10.4. The van der Waals surface area contributed by atoms with Gasteiger partial charge in [-0.3, -0.25) is 9.69 Å². The molecule has 3 atom stereocenters. The average molecular weight is 450 g/mol. The highest BCUT2D eigenvalue weighted by Gasteiger charge is 2.59. The highest BCUT2D eigenvalue weighted by Crippen LogP contribution is 2.52. The van der Waals surface area contributed by atoms with E-state index in [1.165, 1.54) is 0 Å². The fraction of sp³-hybridized carbons (Fsp3) is 0.333. The van der Waals surface area contributed by atoms with E-state index in [2.05, 4.69) is 5.32 Å². The Balaban J connectivity index is 1.94. The lowest BCUT2D eigenvalue weighted by molar-refractivity contribution is -0.144. The molecule has 152 valence electrons. The predicted molar refractivity (Wildman–Crippen MR) is 120 cm³/mol. The Bertz CT molecular complexity index is 1010. The molecule has 4 rings (SSSR count). The van der Waals surface area contributed by atoms with Crippen molar-refractivity contribution >= 4 is 52.1 Å². The molecule has 0 aliphatic carbocycles. The number of halogens is 2. The number of thiocarbonyl (C=S) groups is 1. The van der Waals surface area contributed by atoms with Crippen LogP contribution >= 0.6 is 35.4 Å². The van der Waals surface area contributed by atoms with Crippen LogP contribution in [-0.4, -0.2) is 35.7 Å². The second-order valence-corrected chi connectivity index (χ2v) is 9.00. The van der Waals surface area contributed by atoms with Crippen LogP contribution in [0.5, 0.6) is 5.75 Å². The van der Waals surface area contributed by atoms with Crippen LogP contribution in [0.25, 0.3) is 0 Å². The Hall–Kier alpha value is -2.02. The number of amides is 1. The van der Waals surface area contributed by atoms with Gasteiger partial charge in [-0.15, -0.1) is 0 Å². The average Bonchev–Trinajstić information content (AvgIpc) is 2.63. The third-order valence-electron chi connectivity index (χ3n) is 5.52. The van der Waals surface area contributed by atoms with Crippen LogP contribution in [0, 0.1) is 12.8 Å². The fourth-order valence-corrected chi connectivity index (χ4v) is 5.10. The molecule has 2 bridgehead atoms. The number of carbonyl (C=O) groups is 1. The summed E-state index contributed by atoms with van der Waals surface area (Å²) in [6.07, 6.45) is 0. The number of hydrogen-bond acceptors (Lipinski definition) is 3. The molecule has 1 fully saturated rings. The van der Waals surface area contributed by atoms with E-state index in [1.54, 1.807) is 31.1 Å². The maximum absolute atomic E-state index is 13.3. The fourth-order valence-electron chi connectivity index (χ4n) is 4.14. The first kappa shape index (κ1) is 20.3. The maximum atomic E-state index is 13.3. The minimum atomic E-state index is -1.08. The normalized spacial score (nSPS) is 25.0. The molecule has 0 unspecified atom stereocenters. The highest BCUT2D eigenvalue weighted by atomic mass is 35.5. The van der Waals surface area contributed by atoms with Crippen molar-refractivity contribution in [3.63, 3.8) is 0 Å². The molecule has 8 heteroatoms. The quantitative estimate of drug-likeness (QED) is 0.681. The van der Waals surface area contributed by atoms with Gasteiger partial charge in [-0.25, -0.2) is 0 Å². The van der Waals surface area contributed by atoms with E-state index in [9.17, 15) is 4.79 Å². The Morgan fingerprint density at radius 2 is 1.90 bits per heavy atom. The SMILES string of the molecule is Cc1ccc(N2C(=S)N[C@H]3c4cc(Cl)cc(Cl)c4O[C@@]2(C)[C@H]3C(=O)N(C)C)cc1. The molecule has 29 heavy (non-hydrogen) atoms. The summed E-state index contributed by atoms with van der Waals surface area (Å²) in [5.41, 5.74) is 1.61. The van der Waals surface area contributed by atoms with Crippen molar-refractivity contribution in [3.8, 4) is 5.75 Å². The van der Waals surface area contributed by atoms with Crippen molar-refractivity contribution in [2.24, 2.45) is 5.92 Å². The molecule has 2 aliphatic heterocycles. The second kappa shape index (κ2) is 7.04. The van der Waals surface area contributed by atoms with Crippen molar-refractivity contribution in [3.05, 3.63) is 57.6 Å². The molecule has 1 amide bonds. The first-order valence-electron chi connectivity index (χ1n) is 9.20. The Labute approximate surface area is 185 Å². The number of aryl methyl sites for hydroxylation is 1. The van der Waals surface area contributed by atoms with Gasteiger partial charge in [0, 0.05) is 30.4 Å². The van der Waals surface area contributed by atoms with Crippen LogP contribution in [0.15, 0.2) is 36.4 Å². The molecule has 1 N–H and O–H groups in total. The summed E-state index contributed by atoms with van der Waals surface area (Å²) in [7, 11) is 3.47. The molecule has 0 radical (unpaired) electrons. The minimum Gasteiger partial charge on any atom is -0.465 e. The molecule has 0 saturated carbocycles. The van der Waals surface area contributed by atoms with E-state index in [-0.39, 0.29) is 5.91 Å². The zero-order valence-corrected chi connectivity index (χ0v) is 18.8. The lowest BCUT2D eigenvalue weighted by atomic mass is 9.78. The molecular formula is C21H21Cl2N3O2S. The van der Waals surface area contributed by atoms with Gasteiger partial charge in [-0.05, 0) is 50.3 Å². The molecule has 2 heterocycles. The van der Waals surface area contributed by atoms with E-state index in [0.29, 0.717) is 20.9 Å². The maximum Gasteiger partial charge on any atom is 0.233 e. The summed E-state index contributed by atoms with van der Waals surface area (Å²) in [6, 6.07) is 10.9. The summed E-state index contributed by atoms with van der Waals surface area (Å²) in [5, 5.41) is 4.70. The molecule has 2 aromatic carbocycles. The summed E-state index contributed by atoms with van der Waals surface area (Å²) < 4.78 is 6.49. The van der Waals surface area contributed by atoms with Crippen LogP contribution in [0.4, 0.5) is 5.69 Å². The number of nitrogens with one attached hydrogen (secondary N) is 1. The lowest BCUT2D eigenvalue weighted by Crippen LogP contribution is -2.72. The van der Waals surface area contributed by atoms with Gasteiger partial charge in [0.2, 0.25) is 5.91 Å². The van der Waals surface area contributed by atoms with Crippen LogP contribution in [0.3, 0.4) is 0 Å². The minimum absolute atomic E-state index is 0.0774. The summed E-state index contributed by atoms with van der Waals surface area (Å²) >= 11 is 18.4. The van der Waals surface area contributed by atoms with Crippen molar-refractivity contribution in [1.29, 1.82) is 0 Å². The number of benzene rings is 2. The molecule has 0 spiro atoms. The lowest BCUT2D eigenvalue weighted by Gasteiger charge is -2.56. The number of rotatable bonds is 2. The van der Waals surface area contributed by atoms with Gasteiger partial charge in [0.1, 0.15) is 11.7 Å². The standard InChI is InChI=1S/C21H21Cl2N3O2S/c1-11-5-7-13(8-6-11)26-20(29)24-17-14-9-12(22)10-15(23)18(14)28-21(26,2)16(17)19(27)25(3)4/h5-10,16-17H,1-4H3,(H,24,29)/t16-,17+,21+/m1/s1. The monoisotopic (exact) mass is 449 g/mol. The van der Waals surface area contributed by atoms with Crippen LogP contribution in [0.2, 0.25) is 10.0 Å². The molecule has 2 aliphatic rings. The van der Waals surface area contributed by atoms with Crippen molar-refractivity contribution in [2.45, 2.75) is 25.6 Å². The number of fused-ring (bicyclic) bond motifs is 4. The summed E-state index contributed by atoms with van der Waals surface area (Å²) in [4.78, 5) is 16.7. The van der Waals surface area contributed by atoms with Gasteiger partial charge in [-0.1, -0.05) is 40.9 Å². The Morgan fingerprint density at radius 1 is 1.24 bits per heavy atom. The van der Waals surface area contributed by atoms with Gasteiger partial charge in [-0.2, -0.15) is 0 Å². The van der Waals surface area contributed by atoms with Gasteiger partial charge >= 0.3 is 0 Å². The van der Waals surface area contributed by atoms with Crippen LogP contribution in [0.1, 0.15) is 24.1 Å². The number of hydrogen-bond donors (Lipinski definition) is 1.